The molecule has 0 unspecified atom stereocenters. The quantitative estimate of drug-likeness (QED) is 0.190. The summed E-state index contributed by atoms with van der Waals surface area (Å²) in [5.41, 5.74) is -3.70. The monoisotopic (exact) mass is 568 g/mol. The molecule has 0 saturated carbocycles. The molecule has 2 aromatic carbocycles. The van der Waals surface area contributed by atoms with E-state index in [1.165, 1.54) is 23.9 Å². The second-order valence-corrected chi connectivity index (χ2v) is 9.47. The summed E-state index contributed by atoms with van der Waals surface area (Å²) in [5.74, 6) is 7.07. The maximum atomic E-state index is 13.6. The Labute approximate surface area is 227 Å². The molecule has 0 aliphatic carbocycles. The Morgan fingerprint density at radius 1 is 1.07 bits per heavy atom. The summed E-state index contributed by atoms with van der Waals surface area (Å²) in [4.78, 5) is 21.5. The van der Waals surface area contributed by atoms with E-state index in [0.29, 0.717) is 17.1 Å². The zero-order chi connectivity index (χ0) is 19.4. The Morgan fingerprint density at radius 2 is 1.68 bits per heavy atom. The van der Waals surface area contributed by atoms with Crippen LogP contribution >= 0.6 is 51.2 Å². The largest absolute Gasteiger partial charge is 1.00 e. The summed E-state index contributed by atoms with van der Waals surface area (Å²) < 4.78 is 38.9. The van der Waals surface area contributed by atoms with E-state index in [1.807, 2.05) is 24.3 Å². The van der Waals surface area contributed by atoms with Crippen molar-refractivity contribution in [3.8, 4) is 11.8 Å². The van der Waals surface area contributed by atoms with Gasteiger partial charge in [0.25, 0.3) is 5.66 Å². The van der Waals surface area contributed by atoms with Crippen LogP contribution in [0.15, 0.2) is 51.4 Å². The van der Waals surface area contributed by atoms with Gasteiger partial charge in [-0.1, -0.05) is 55.8 Å². The topological polar surface area (TPSA) is 63.2 Å². The van der Waals surface area contributed by atoms with Crippen LogP contribution in [0.5, 0.6) is 0 Å². The van der Waals surface area contributed by atoms with Crippen LogP contribution in [0.25, 0.3) is 0 Å². The predicted octanol–water partition coefficient (Wildman–Crippen LogP) is -1.53. The normalized spacial score (nSPS) is 10.9. The van der Waals surface area contributed by atoms with E-state index in [-0.39, 0.29) is 63.6 Å². The van der Waals surface area contributed by atoms with Gasteiger partial charge in [-0.15, -0.1) is 11.8 Å². The molecule has 0 aliphatic rings. The van der Waals surface area contributed by atoms with E-state index < -0.39 is 18.8 Å². The molecule has 0 fully saturated rings. The molecule has 0 aliphatic heterocycles. The molecule has 2 rings (SSSR count). The number of thioether (sulfide) groups is 1. The summed E-state index contributed by atoms with van der Waals surface area (Å²) in [6.07, 6.45) is 0. The maximum Gasteiger partial charge on any atom is 1.00 e. The zero-order valence-corrected chi connectivity index (χ0v) is 23.9. The van der Waals surface area contributed by atoms with Gasteiger partial charge in [-0.05, 0) is 35.9 Å². The summed E-state index contributed by atoms with van der Waals surface area (Å²) in [7, 11) is -6.09. The van der Waals surface area contributed by atoms with Crippen molar-refractivity contribution in [3.05, 3.63) is 68.1 Å². The molecule has 0 radical (unpaired) electrons. The number of hydrogen-bond donors (Lipinski definition) is 0. The van der Waals surface area contributed by atoms with Crippen molar-refractivity contribution in [1.29, 1.82) is 0 Å². The van der Waals surface area contributed by atoms with E-state index in [9.17, 15) is 23.1 Å². The summed E-state index contributed by atoms with van der Waals surface area (Å²) >= 11 is 7.75. The molecule has 138 valence electrons. The van der Waals surface area contributed by atoms with Crippen LogP contribution in [0.3, 0.4) is 0 Å². The van der Waals surface area contributed by atoms with Crippen LogP contribution in [0.1, 0.15) is 16.7 Å². The van der Waals surface area contributed by atoms with Gasteiger partial charge in [0.05, 0.1) is 5.75 Å². The smallest absolute Gasteiger partial charge is 0.806 e. The summed E-state index contributed by atoms with van der Waals surface area (Å²) in [6.45, 7) is 0. The minimum absolute atomic E-state index is 0. The standard InChI is InChI=1S/C17H13Br2F2O3PS.2Na/c18-14-6-3-12(4-7-14)2-1-9-26-11-13-5-8-15(16(19)10-13)17(20,21)25(22,23)24;;/h3-8,10H,9,11H2,(H2,22,23,24);;/q;2*+1/p-2. The van der Waals surface area contributed by atoms with E-state index in [4.69, 9.17) is 0 Å². The van der Waals surface area contributed by atoms with Crippen molar-refractivity contribution in [1.82, 2.24) is 0 Å². The first kappa shape index (κ1) is 29.3. The second-order valence-electron chi connectivity index (χ2n) is 5.15. The van der Waals surface area contributed by atoms with Crippen LogP contribution in [-0.4, -0.2) is 5.75 Å². The third-order valence-electron chi connectivity index (χ3n) is 3.22. The van der Waals surface area contributed by atoms with Crippen molar-refractivity contribution >= 4 is 51.2 Å². The van der Waals surface area contributed by atoms with Gasteiger partial charge in [0, 0.05) is 33.4 Å². The van der Waals surface area contributed by atoms with Gasteiger partial charge in [-0.3, -0.25) is 0 Å². The Bertz CT molecular complexity index is 900. The van der Waals surface area contributed by atoms with Gasteiger partial charge in [0.2, 0.25) is 0 Å². The van der Waals surface area contributed by atoms with Gasteiger partial charge >= 0.3 is 59.1 Å². The van der Waals surface area contributed by atoms with Crippen molar-refractivity contribution < 1.29 is 82.2 Å². The molecule has 0 atom stereocenters. The first-order valence-electron chi connectivity index (χ1n) is 7.12. The third-order valence-corrected chi connectivity index (χ3v) is 6.22. The number of halogens is 4. The van der Waals surface area contributed by atoms with Crippen molar-refractivity contribution in [2.75, 3.05) is 5.75 Å². The minimum Gasteiger partial charge on any atom is -0.806 e. The fourth-order valence-corrected chi connectivity index (χ4v) is 4.21. The molecule has 3 nitrogen and oxygen atoms in total. The molecule has 0 saturated heterocycles. The van der Waals surface area contributed by atoms with E-state index in [1.54, 1.807) is 0 Å². The maximum absolute atomic E-state index is 13.6. The van der Waals surface area contributed by atoms with Crippen LogP contribution in [0, 0.1) is 11.8 Å². The summed E-state index contributed by atoms with van der Waals surface area (Å²) in [6, 6.07) is 11.3. The molecular formula is C17H11Br2F2Na2O3PS. The molecule has 0 spiro atoms. The zero-order valence-electron chi connectivity index (χ0n) is 15.0. The molecule has 11 heteroatoms. The fraction of sp³-hybridized carbons (Fsp3) is 0.176. The van der Waals surface area contributed by atoms with E-state index in [0.717, 1.165) is 16.1 Å². The molecular weight excluding hydrogens is 559 g/mol. The third kappa shape index (κ3) is 8.45. The molecule has 0 aromatic heterocycles. The van der Waals surface area contributed by atoms with Gasteiger partial charge in [-0.25, -0.2) is 0 Å². The van der Waals surface area contributed by atoms with Gasteiger partial charge in [0.1, 0.15) is 0 Å². The second kappa shape index (κ2) is 13.0. The molecule has 28 heavy (non-hydrogen) atoms. The first-order valence-corrected chi connectivity index (χ1v) is 11.4. The Balaban J connectivity index is 0.00000364. The number of alkyl halides is 2. The SMILES string of the molecule is O=P([O-])([O-])C(F)(F)c1ccc(CSCC#Cc2ccc(Br)cc2)cc1Br.[Na+].[Na+]. The van der Waals surface area contributed by atoms with E-state index >= 15 is 0 Å². The molecule has 0 amide bonds. The minimum atomic E-state index is -6.09. The molecule has 0 N–H and O–H groups in total. The van der Waals surface area contributed by atoms with Crippen LogP contribution in [-0.2, 0) is 16.0 Å². The number of rotatable bonds is 5. The Kier molecular flexibility index (Phi) is 13.6. The summed E-state index contributed by atoms with van der Waals surface area (Å²) in [5, 5.41) is 0. The van der Waals surface area contributed by atoms with Gasteiger partial charge in [-0.2, -0.15) is 8.78 Å². The predicted molar refractivity (Wildman–Crippen MR) is 103 cm³/mol. The fourth-order valence-electron chi connectivity index (χ4n) is 1.93. The average molecular weight is 570 g/mol. The average Bonchev–Trinajstić information content (AvgIpc) is 2.55. The van der Waals surface area contributed by atoms with Crippen LogP contribution < -0.4 is 68.9 Å². The molecule has 0 heterocycles. The molecule has 2 aromatic rings. The number of benzene rings is 2. The van der Waals surface area contributed by atoms with Crippen molar-refractivity contribution in [2.45, 2.75) is 11.4 Å². The van der Waals surface area contributed by atoms with Crippen molar-refractivity contribution in [3.63, 3.8) is 0 Å². The van der Waals surface area contributed by atoms with Crippen LogP contribution in [0.2, 0.25) is 0 Å². The van der Waals surface area contributed by atoms with Crippen LogP contribution in [0.4, 0.5) is 8.78 Å². The van der Waals surface area contributed by atoms with E-state index in [2.05, 4.69) is 43.7 Å². The van der Waals surface area contributed by atoms with Gasteiger partial charge < -0.3 is 14.4 Å². The Hall–Kier alpha value is 1.32. The Morgan fingerprint density at radius 3 is 2.21 bits per heavy atom. The van der Waals surface area contributed by atoms with Gasteiger partial charge in [0.15, 0.2) is 0 Å². The van der Waals surface area contributed by atoms with Crippen molar-refractivity contribution in [2.24, 2.45) is 0 Å². The number of hydrogen-bond acceptors (Lipinski definition) is 4. The first-order chi connectivity index (χ1) is 12.1. The molecule has 0 bridgehead atoms.